The summed E-state index contributed by atoms with van der Waals surface area (Å²) in [6, 6.07) is 7.60. The second-order valence-electron chi connectivity index (χ2n) is 22.1. The van der Waals surface area contributed by atoms with Crippen LogP contribution in [0.1, 0.15) is 101 Å². The third-order valence-electron chi connectivity index (χ3n) is 16.2. The Morgan fingerprint density at radius 1 is 0.902 bits per heavy atom. The minimum absolute atomic E-state index is 0.0127. The van der Waals surface area contributed by atoms with E-state index in [1.165, 1.54) is 21.0 Å². The zero-order chi connectivity index (χ0) is 58.9. The van der Waals surface area contributed by atoms with Crippen LogP contribution in [0.5, 0.6) is 0 Å². The van der Waals surface area contributed by atoms with E-state index in [-0.39, 0.29) is 68.0 Å². The van der Waals surface area contributed by atoms with E-state index in [0.29, 0.717) is 25.1 Å². The number of aromatic nitrogens is 3. The number of aliphatic hydroxyl groups is 6. The normalized spacial score (nSPS) is 32.7. The van der Waals surface area contributed by atoms with Gasteiger partial charge in [-0.05, 0) is 44.9 Å². The molecule has 82 heavy (non-hydrogen) atoms. The van der Waals surface area contributed by atoms with E-state index in [1.54, 1.807) is 29.2 Å². The van der Waals surface area contributed by atoms with Crippen molar-refractivity contribution in [1.29, 1.82) is 0 Å². The average Bonchev–Trinajstić information content (AvgIpc) is 4.31. The molecule has 2 aromatic rings. The second kappa shape index (κ2) is 28.3. The maximum Gasteiger partial charge on any atom is 0.397 e. The molecule has 0 bridgehead atoms. The topological polar surface area (TPSA) is 404 Å². The number of likely N-dealkylation sites (tertiary alicyclic amines) is 1. The van der Waals surface area contributed by atoms with Crippen molar-refractivity contribution >= 4 is 39.7 Å². The fraction of sp³-hybridized carbons (Fsp3) is 0.750. The number of nitrogens with zero attached hydrogens (tertiary/aromatic N) is 7. The van der Waals surface area contributed by atoms with Gasteiger partial charge in [0.25, 0.3) is 11.8 Å². The molecule has 4 aliphatic heterocycles. The van der Waals surface area contributed by atoms with Gasteiger partial charge in [0.1, 0.15) is 60.1 Å². The molecule has 30 heteroatoms. The Bertz CT molecular complexity index is 2650. The average molecular weight is 1180 g/mol. The van der Waals surface area contributed by atoms with Crippen LogP contribution in [0, 0.1) is 17.8 Å². The molecular weight excluding hydrogens is 1100 g/mol. The van der Waals surface area contributed by atoms with Crippen molar-refractivity contribution in [2.45, 2.75) is 176 Å². The summed E-state index contributed by atoms with van der Waals surface area (Å²) >= 11 is 0. The van der Waals surface area contributed by atoms with Crippen molar-refractivity contribution < 1.29 is 95.4 Å². The van der Waals surface area contributed by atoms with Gasteiger partial charge < -0.3 is 74.6 Å². The fourth-order valence-electron chi connectivity index (χ4n) is 11.5. The monoisotopic (exact) mass is 1180 g/mol. The third kappa shape index (κ3) is 15.3. The number of hydrogen-bond donors (Lipinski definition) is 9. The van der Waals surface area contributed by atoms with Crippen LogP contribution in [-0.4, -0.2) is 232 Å². The standard InChI is InChI=1S/C52H77N9O20S/c1-28-40(66)42(68)43(69)51(77-28)81-44-33(47-55-46(57-58-47)31-14-8-5-9-15-31)21-32(35(65)16-10-17-53-48(70)34-23-61(59-56-34)52(25-63,26-75-3)27-76-82(72,73)74)22-36(44)79-50-39(54-29(2)64)45(41(67)38(24-62)80-50)78-37(49(71)60-18-11-19-60)20-30-12-6-4-7-13-30/h5,8-9,14-15,23,28,30,32-33,36-45,47,50-51,62-63,66-69H,4,6-7,10-13,16-22,24-27H2,1-3H3,(H,53,70)(H,54,64)(H,72,73,74)/t28?,32?,33?,36-,37+,38+,39?,40-,41+,42+,43?,44-,45?,47?,50-,51+,52?/m1/s1. The van der Waals surface area contributed by atoms with E-state index in [2.05, 4.69) is 35.4 Å². The Morgan fingerprint density at radius 3 is 2.30 bits per heavy atom. The summed E-state index contributed by atoms with van der Waals surface area (Å²) in [5.41, 5.74) is -1.35. The lowest BCUT2D eigenvalue weighted by molar-refractivity contribution is -0.339. The molecular formula is C52H77N9O20S. The first-order chi connectivity index (χ1) is 39.2. The SMILES string of the molecule is COCC(CO)(COS(=O)(=O)O)n1cc(C(=O)NCCCC(=O)C2CC(C3N=NC(c4ccccc4)=N3)[C@@H](O[C@@H]3OC(C)[C@@H](O)[C@H](O)C3O)[C@H](O[C@@H]3O[C@@H](CO)[C@H](O)C(O[C@@H](CC4CCCCC4)C(=O)N4CCC4)C3NC(C)=O)C2)nn1. The van der Waals surface area contributed by atoms with Crippen LogP contribution in [0.2, 0.25) is 0 Å². The van der Waals surface area contributed by atoms with Crippen LogP contribution in [0.3, 0.4) is 0 Å². The van der Waals surface area contributed by atoms with Gasteiger partial charge in [0.15, 0.2) is 30.3 Å². The van der Waals surface area contributed by atoms with Crippen LogP contribution >= 0.6 is 0 Å². The van der Waals surface area contributed by atoms with Gasteiger partial charge in [0.05, 0.1) is 50.9 Å². The number of carbonyl (C=O) groups excluding carboxylic acids is 4. The maximum absolute atomic E-state index is 14.7. The first-order valence-corrected chi connectivity index (χ1v) is 29.2. The van der Waals surface area contributed by atoms with E-state index in [4.69, 9.17) is 33.4 Å². The number of hydrogen-bond acceptors (Lipinski definition) is 24. The first kappa shape index (κ1) is 63.1. The molecule has 8 rings (SSSR count). The number of Topliss-reactive ketones (excluding diaryl/α,β-unsaturated/α-hetero) is 1. The van der Waals surface area contributed by atoms with Gasteiger partial charge >= 0.3 is 10.4 Å². The van der Waals surface area contributed by atoms with Crippen molar-refractivity contribution in [1.82, 2.24) is 30.5 Å². The number of methoxy groups -OCH3 is 1. The number of aliphatic hydroxyl groups excluding tert-OH is 6. The lowest BCUT2D eigenvalue weighted by atomic mass is 9.73. The van der Waals surface area contributed by atoms with Crippen LogP contribution in [0.25, 0.3) is 0 Å². The number of carbonyl (C=O) groups is 4. The molecule has 9 N–H and O–H groups in total. The molecule has 5 fully saturated rings. The molecule has 6 aliphatic rings. The fourth-order valence-corrected chi connectivity index (χ4v) is 11.9. The molecule has 29 nitrogen and oxygen atoms in total. The molecule has 1 aromatic carbocycles. The molecule has 456 valence electrons. The number of ether oxygens (including phenoxy) is 6. The van der Waals surface area contributed by atoms with Crippen LogP contribution in [-0.2, 0) is 62.9 Å². The highest BCUT2D eigenvalue weighted by Gasteiger charge is 2.55. The number of aliphatic imine (C=N–C) groups is 1. The molecule has 5 heterocycles. The number of azo groups is 1. The van der Waals surface area contributed by atoms with E-state index in [0.717, 1.165) is 49.4 Å². The van der Waals surface area contributed by atoms with Crippen molar-refractivity contribution in [3.63, 3.8) is 0 Å². The Hall–Kier alpha value is -4.90. The summed E-state index contributed by atoms with van der Waals surface area (Å²) in [6.45, 7) is 0.940. The lowest BCUT2D eigenvalue weighted by Gasteiger charge is -2.49. The minimum atomic E-state index is -4.95. The summed E-state index contributed by atoms with van der Waals surface area (Å²) < 4.78 is 75.2. The molecule has 8 unspecified atom stereocenters. The first-order valence-electron chi connectivity index (χ1n) is 27.9. The second-order valence-corrected chi connectivity index (χ2v) is 23.2. The number of nitrogens with one attached hydrogen (secondary N) is 2. The van der Waals surface area contributed by atoms with E-state index >= 15 is 0 Å². The molecule has 0 spiro atoms. The van der Waals surface area contributed by atoms with Gasteiger partial charge in [-0.15, -0.1) is 10.2 Å². The summed E-state index contributed by atoms with van der Waals surface area (Å²) in [6.07, 6.45) is -11.4. The summed E-state index contributed by atoms with van der Waals surface area (Å²) in [7, 11) is -3.69. The number of amides is 3. The Labute approximate surface area is 474 Å². The number of rotatable bonds is 26. The van der Waals surface area contributed by atoms with Crippen molar-refractivity contribution in [2.75, 3.05) is 53.2 Å². The van der Waals surface area contributed by atoms with Crippen LogP contribution < -0.4 is 10.6 Å². The predicted octanol–water partition coefficient (Wildman–Crippen LogP) is -1.09. The molecule has 1 aromatic heterocycles. The van der Waals surface area contributed by atoms with Crippen molar-refractivity contribution in [2.24, 2.45) is 33.0 Å². The number of benzene rings is 1. The molecule has 2 aliphatic carbocycles. The molecule has 3 saturated heterocycles. The van der Waals surface area contributed by atoms with E-state index < -0.39 is 145 Å². The van der Waals surface area contributed by atoms with Gasteiger partial charge in [-0.2, -0.15) is 13.5 Å². The van der Waals surface area contributed by atoms with Gasteiger partial charge in [0, 0.05) is 57.5 Å². The Kier molecular flexibility index (Phi) is 21.8. The van der Waals surface area contributed by atoms with Gasteiger partial charge in [-0.3, -0.25) is 23.7 Å². The highest BCUT2D eigenvalue weighted by molar-refractivity contribution is 7.80. The maximum atomic E-state index is 14.7. The smallest absolute Gasteiger partial charge is 0.394 e. The van der Waals surface area contributed by atoms with Crippen LogP contribution in [0.15, 0.2) is 51.7 Å². The van der Waals surface area contributed by atoms with E-state index in [9.17, 15) is 62.8 Å². The highest BCUT2D eigenvalue weighted by atomic mass is 32.3. The molecule has 17 atom stereocenters. The zero-order valence-electron chi connectivity index (χ0n) is 46.0. The number of ketones is 1. The lowest BCUT2D eigenvalue weighted by Crippen LogP contribution is -2.67. The molecule has 2 saturated carbocycles. The Morgan fingerprint density at radius 2 is 1.65 bits per heavy atom. The van der Waals surface area contributed by atoms with Crippen molar-refractivity contribution in [3.05, 3.63) is 47.8 Å². The van der Waals surface area contributed by atoms with Gasteiger partial charge in [0.2, 0.25) is 5.91 Å². The third-order valence-corrected chi connectivity index (χ3v) is 16.6. The van der Waals surface area contributed by atoms with Crippen molar-refractivity contribution in [3.8, 4) is 0 Å². The zero-order valence-corrected chi connectivity index (χ0v) is 46.8. The highest BCUT2D eigenvalue weighted by Crippen LogP contribution is 2.43. The summed E-state index contributed by atoms with van der Waals surface area (Å²) in [5.74, 6) is -3.34. The number of amidine groups is 1. The summed E-state index contributed by atoms with van der Waals surface area (Å²) in [4.78, 5) is 62.0. The quantitative estimate of drug-likeness (QED) is 0.0399. The minimum Gasteiger partial charge on any atom is -0.394 e. The molecule has 3 amide bonds. The van der Waals surface area contributed by atoms with Gasteiger partial charge in [-0.1, -0.05) is 67.6 Å². The Balaban J connectivity index is 1.08. The van der Waals surface area contributed by atoms with E-state index in [1.807, 2.05) is 6.07 Å². The van der Waals surface area contributed by atoms with Crippen LogP contribution in [0.4, 0.5) is 0 Å². The van der Waals surface area contributed by atoms with Gasteiger partial charge in [-0.25, -0.2) is 13.9 Å². The largest absolute Gasteiger partial charge is 0.397 e. The predicted molar refractivity (Wildman–Crippen MR) is 281 cm³/mol. The molecule has 0 radical (unpaired) electrons. The summed E-state index contributed by atoms with van der Waals surface area (Å²) in [5, 5.41) is 88.1.